The Morgan fingerprint density at radius 2 is 1.55 bits per heavy atom. The number of benzene rings is 3. The molecule has 1 aliphatic rings. The van der Waals surface area contributed by atoms with Gasteiger partial charge in [0.05, 0.1) is 11.3 Å². The average molecular weight is 386 g/mol. The molecule has 5 heteroatoms. The van der Waals surface area contributed by atoms with Gasteiger partial charge in [0.2, 0.25) is 0 Å². The Bertz CT molecular complexity index is 1010. The Morgan fingerprint density at radius 1 is 0.862 bits per heavy atom. The highest BCUT2D eigenvalue weighted by atomic mass is 16.5. The molecule has 2 N–H and O–H groups in total. The smallest absolute Gasteiger partial charge is 0.262 e. The van der Waals surface area contributed by atoms with Crippen molar-refractivity contribution in [1.29, 1.82) is 0 Å². The van der Waals surface area contributed by atoms with Gasteiger partial charge in [-0.05, 0) is 36.6 Å². The molecule has 0 spiro atoms. The summed E-state index contributed by atoms with van der Waals surface area (Å²) in [5.41, 5.74) is 2.88. The van der Waals surface area contributed by atoms with Crippen LogP contribution in [0.5, 0.6) is 5.75 Å². The summed E-state index contributed by atoms with van der Waals surface area (Å²) in [6.07, 6.45) is 2.02. The van der Waals surface area contributed by atoms with Crippen molar-refractivity contribution < 1.29 is 14.3 Å². The third-order valence-corrected chi connectivity index (χ3v) is 4.69. The lowest BCUT2D eigenvalue weighted by Crippen LogP contribution is -2.28. The number of carbonyl (C=O) groups excluding carboxylic acids is 2. The van der Waals surface area contributed by atoms with E-state index in [1.54, 1.807) is 24.3 Å². The van der Waals surface area contributed by atoms with Gasteiger partial charge in [-0.2, -0.15) is 0 Å². The molecule has 1 fully saturated rings. The number of amides is 2. The third-order valence-electron chi connectivity index (χ3n) is 4.69. The second kappa shape index (κ2) is 8.61. The summed E-state index contributed by atoms with van der Waals surface area (Å²) in [6, 6.07) is 24.7. The zero-order valence-corrected chi connectivity index (χ0v) is 15.9. The number of ether oxygens (including phenoxy) is 1. The number of para-hydroxylation sites is 2. The summed E-state index contributed by atoms with van der Waals surface area (Å²) >= 11 is 0. The average Bonchev–Trinajstić information content (AvgIpc) is 3.57. The van der Waals surface area contributed by atoms with Crippen molar-refractivity contribution in [2.24, 2.45) is 0 Å². The molecular formula is C24H22N2O3. The van der Waals surface area contributed by atoms with Crippen LogP contribution in [0.4, 0.5) is 5.69 Å². The van der Waals surface area contributed by atoms with Crippen LogP contribution in [0.3, 0.4) is 0 Å². The fourth-order valence-electron chi connectivity index (χ4n) is 3.06. The van der Waals surface area contributed by atoms with Gasteiger partial charge in [-0.3, -0.25) is 9.59 Å². The van der Waals surface area contributed by atoms with Gasteiger partial charge >= 0.3 is 0 Å². The number of anilines is 1. The van der Waals surface area contributed by atoms with E-state index in [-0.39, 0.29) is 24.5 Å². The molecule has 3 aromatic carbocycles. The van der Waals surface area contributed by atoms with Crippen molar-refractivity contribution in [3.05, 3.63) is 84.4 Å². The standard InChI is InChI=1S/C24H22N2O3/c27-23(26-21-12-6-4-11-20(21)24(28)25-18-14-15-18)16-29-22-13-7-5-10-19(22)17-8-2-1-3-9-17/h1-13,18H,14-16H2,(H,25,28)(H,26,27). The SMILES string of the molecule is O=C(COc1ccccc1-c1ccccc1)Nc1ccccc1C(=O)NC1CC1. The van der Waals surface area contributed by atoms with Crippen molar-refractivity contribution in [3.8, 4) is 16.9 Å². The van der Waals surface area contributed by atoms with E-state index in [9.17, 15) is 9.59 Å². The van der Waals surface area contributed by atoms with Gasteiger partial charge in [0.15, 0.2) is 6.61 Å². The molecule has 29 heavy (non-hydrogen) atoms. The van der Waals surface area contributed by atoms with Crippen molar-refractivity contribution in [1.82, 2.24) is 5.32 Å². The Hall–Kier alpha value is -3.60. The van der Waals surface area contributed by atoms with Gasteiger partial charge in [0.25, 0.3) is 11.8 Å². The van der Waals surface area contributed by atoms with E-state index in [2.05, 4.69) is 10.6 Å². The van der Waals surface area contributed by atoms with Crippen LogP contribution >= 0.6 is 0 Å². The van der Waals surface area contributed by atoms with Gasteiger partial charge in [0, 0.05) is 11.6 Å². The molecular weight excluding hydrogens is 364 g/mol. The Morgan fingerprint density at radius 3 is 2.34 bits per heavy atom. The maximum Gasteiger partial charge on any atom is 0.262 e. The van der Waals surface area contributed by atoms with E-state index in [4.69, 9.17) is 4.74 Å². The van der Waals surface area contributed by atoms with Gasteiger partial charge < -0.3 is 15.4 Å². The molecule has 0 aromatic heterocycles. The summed E-state index contributed by atoms with van der Waals surface area (Å²) in [5, 5.41) is 5.74. The van der Waals surface area contributed by atoms with Crippen molar-refractivity contribution in [2.75, 3.05) is 11.9 Å². The minimum Gasteiger partial charge on any atom is -0.483 e. The van der Waals surface area contributed by atoms with Crippen LogP contribution in [-0.4, -0.2) is 24.5 Å². The lowest BCUT2D eigenvalue weighted by atomic mass is 10.1. The number of nitrogens with one attached hydrogen (secondary N) is 2. The molecule has 3 aromatic rings. The fourth-order valence-corrected chi connectivity index (χ4v) is 3.06. The van der Waals surface area contributed by atoms with Crippen molar-refractivity contribution in [2.45, 2.75) is 18.9 Å². The van der Waals surface area contributed by atoms with Crippen LogP contribution in [0.15, 0.2) is 78.9 Å². The molecule has 0 aliphatic heterocycles. The number of carbonyl (C=O) groups is 2. The lowest BCUT2D eigenvalue weighted by Gasteiger charge is -2.13. The summed E-state index contributed by atoms with van der Waals surface area (Å²) in [4.78, 5) is 24.9. The van der Waals surface area contributed by atoms with E-state index in [0.717, 1.165) is 24.0 Å². The first-order valence-corrected chi connectivity index (χ1v) is 9.68. The van der Waals surface area contributed by atoms with Crippen LogP contribution < -0.4 is 15.4 Å². The van der Waals surface area contributed by atoms with E-state index in [1.165, 1.54) is 0 Å². The third kappa shape index (κ3) is 4.82. The predicted molar refractivity (Wildman–Crippen MR) is 113 cm³/mol. The zero-order chi connectivity index (χ0) is 20.1. The number of hydrogen-bond donors (Lipinski definition) is 2. The van der Waals surface area contributed by atoms with Gasteiger partial charge in [-0.1, -0.05) is 60.7 Å². The topological polar surface area (TPSA) is 67.4 Å². The molecule has 146 valence electrons. The summed E-state index contributed by atoms with van der Waals surface area (Å²) in [7, 11) is 0. The van der Waals surface area contributed by atoms with Crippen LogP contribution in [0.2, 0.25) is 0 Å². The van der Waals surface area contributed by atoms with E-state index in [0.29, 0.717) is 17.0 Å². The first-order valence-electron chi connectivity index (χ1n) is 9.68. The highest BCUT2D eigenvalue weighted by Gasteiger charge is 2.25. The monoisotopic (exact) mass is 386 g/mol. The minimum atomic E-state index is -0.320. The predicted octanol–water partition coefficient (Wildman–Crippen LogP) is 4.26. The second-order valence-corrected chi connectivity index (χ2v) is 6.99. The first-order chi connectivity index (χ1) is 14.2. The van der Waals surface area contributed by atoms with E-state index in [1.807, 2.05) is 54.6 Å². The van der Waals surface area contributed by atoms with E-state index < -0.39 is 0 Å². The molecule has 0 bridgehead atoms. The highest BCUT2D eigenvalue weighted by molar-refractivity contribution is 6.04. The van der Waals surface area contributed by atoms with Crippen LogP contribution in [-0.2, 0) is 4.79 Å². The lowest BCUT2D eigenvalue weighted by molar-refractivity contribution is -0.118. The minimum absolute atomic E-state index is 0.150. The summed E-state index contributed by atoms with van der Waals surface area (Å²) in [6.45, 7) is -0.150. The molecule has 0 saturated heterocycles. The first kappa shape index (κ1) is 18.7. The quantitative estimate of drug-likeness (QED) is 0.637. The number of rotatable bonds is 7. The second-order valence-electron chi connectivity index (χ2n) is 6.99. The summed E-state index contributed by atoms with van der Waals surface area (Å²) in [5.74, 6) is 0.145. The normalized spacial score (nSPS) is 12.8. The van der Waals surface area contributed by atoms with Crippen LogP contribution in [0.25, 0.3) is 11.1 Å². The molecule has 1 aliphatic carbocycles. The Labute approximate surface area is 169 Å². The molecule has 5 nitrogen and oxygen atoms in total. The fraction of sp³-hybridized carbons (Fsp3) is 0.167. The maximum absolute atomic E-state index is 12.5. The Balaban J connectivity index is 1.42. The largest absolute Gasteiger partial charge is 0.483 e. The van der Waals surface area contributed by atoms with Crippen LogP contribution in [0, 0.1) is 0 Å². The zero-order valence-electron chi connectivity index (χ0n) is 15.9. The molecule has 4 rings (SSSR count). The van der Waals surface area contributed by atoms with Crippen LogP contribution in [0.1, 0.15) is 23.2 Å². The molecule has 0 radical (unpaired) electrons. The Kier molecular flexibility index (Phi) is 5.56. The van der Waals surface area contributed by atoms with E-state index >= 15 is 0 Å². The van der Waals surface area contributed by atoms with Gasteiger partial charge in [-0.15, -0.1) is 0 Å². The maximum atomic E-state index is 12.5. The molecule has 1 saturated carbocycles. The number of hydrogen-bond acceptors (Lipinski definition) is 3. The molecule has 0 heterocycles. The van der Waals surface area contributed by atoms with Gasteiger partial charge in [0.1, 0.15) is 5.75 Å². The summed E-state index contributed by atoms with van der Waals surface area (Å²) < 4.78 is 5.79. The molecule has 0 atom stereocenters. The van der Waals surface area contributed by atoms with Gasteiger partial charge in [-0.25, -0.2) is 0 Å². The highest BCUT2D eigenvalue weighted by Crippen LogP contribution is 2.29. The molecule has 0 unspecified atom stereocenters. The van der Waals surface area contributed by atoms with Crippen molar-refractivity contribution in [3.63, 3.8) is 0 Å². The molecule has 2 amide bonds. The van der Waals surface area contributed by atoms with Crippen molar-refractivity contribution >= 4 is 17.5 Å².